The molecule has 0 saturated heterocycles. The number of rotatable bonds is 2. The molecule has 1 fully saturated rings. The third-order valence-corrected chi connectivity index (χ3v) is 2.59. The smallest absolute Gasteiger partial charge is 0.234 e. The molecular weight excluding hydrogens is 178 g/mol. The average molecular weight is 189 g/mol. The van der Waals surface area contributed by atoms with Crippen molar-refractivity contribution in [3.8, 4) is 0 Å². The van der Waals surface area contributed by atoms with Crippen LogP contribution in [0.2, 0.25) is 0 Å². The fourth-order valence-corrected chi connectivity index (χ4v) is 1.65. The largest absolute Gasteiger partial charge is 0.390 e. The van der Waals surface area contributed by atoms with Gasteiger partial charge < -0.3 is 5.11 Å². The quantitative estimate of drug-likeness (QED) is 0.769. The lowest BCUT2D eigenvalue weighted by Gasteiger charge is -1.97. The second-order valence-corrected chi connectivity index (χ2v) is 3.76. The van der Waals surface area contributed by atoms with Crippen LogP contribution in [0.1, 0.15) is 30.0 Å². The van der Waals surface area contributed by atoms with Gasteiger partial charge in [-0.3, -0.25) is 4.40 Å². The fourth-order valence-electron chi connectivity index (χ4n) is 1.65. The Balaban J connectivity index is 2.12. The van der Waals surface area contributed by atoms with Crippen LogP contribution in [0, 0.1) is 0 Å². The number of aliphatic hydroxyl groups excluding tert-OH is 1. The molecular formula is C10H11N3O. The molecule has 1 saturated carbocycles. The Labute approximate surface area is 81.2 Å². The van der Waals surface area contributed by atoms with Gasteiger partial charge in [0.15, 0.2) is 0 Å². The summed E-state index contributed by atoms with van der Waals surface area (Å²) in [7, 11) is 0. The van der Waals surface area contributed by atoms with Gasteiger partial charge in [-0.05, 0) is 24.3 Å². The Morgan fingerprint density at radius 2 is 2.29 bits per heavy atom. The van der Waals surface area contributed by atoms with E-state index < -0.39 is 0 Å². The summed E-state index contributed by atoms with van der Waals surface area (Å²) in [6.07, 6.45) is 8.32. The first kappa shape index (κ1) is 7.94. The number of aromatic nitrogens is 3. The fraction of sp³-hybridized carbons (Fsp3) is 0.400. The third kappa shape index (κ3) is 1.19. The van der Waals surface area contributed by atoms with Crippen LogP contribution in [-0.4, -0.2) is 19.5 Å². The van der Waals surface area contributed by atoms with Crippen LogP contribution >= 0.6 is 0 Å². The first-order chi connectivity index (χ1) is 6.86. The van der Waals surface area contributed by atoms with Gasteiger partial charge in [0.25, 0.3) is 0 Å². The molecule has 0 unspecified atom stereocenters. The van der Waals surface area contributed by atoms with E-state index in [1.165, 1.54) is 18.4 Å². The van der Waals surface area contributed by atoms with Gasteiger partial charge in [0.1, 0.15) is 0 Å². The van der Waals surface area contributed by atoms with Gasteiger partial charge in [0.05, 0.1) is 12.3 Å². The summed E-state index contributed by atoms with van der Waals surface area (Å²) < 4.78 is 1.89. The standard InChI is InChI=1S/C10H11N3O/c14-6-9-5-13-4-8(7-1-2-7)3-11-10(13)12-9/h3-5,7,14H,1-2,6H2. The van der Waals surface area contributed by atoms with Crippen LogP contribution in [-0.2, 0) is 6.61 Å². The molecule has 0 spiro atoms. The van der Waals surface area contributed by atoms with Crippen molar-refractivity contribution in [2.24, 2.45) is 0 Å². The third-order valence-electron chi connectivity index (χ3n) is 2.59. The van der Waals surface area contributed by atoms with E-state index in [-0.39, 0.29) is 6.61 Å². The highest BCUT2D eigenvalue weighted by Crippen LogP contribution is 2.39. The highest BCUT2D eigenvalue weighted by molar-refractivity contribution is 5.33. The summed E-state index contributed by atoms with van der Waals surface area (Å²) in [5.74, 6) is 1.37. The first-order valence-electron chi connectivity index (χ1n) is 4.81. The van der Waals surface area contributed by atoms with E-state index in [9.17, 15) is 0 Å². The summed E-state index contributed by atoms with van der Waals surface area (Å²) in [6.45, 7) is -0.0257. The van der Waals surface area contributed by atoms with Gasteiger partial charge >= 0.3 is 0 Å². The highest BCUT2D eigenvalue weighted by atomic mass is 16.3. The molecule has 0 atom stereocenters. The molecule has 2 aromatic heterocycles. The van der Waals surface area contributed by atoms with Crippen molar-refractivity contribution in [1.29, 1.82) is 0 Å². The van der Waals surface area contributed by atoms with Crippen LogP contribution in [0.3, 0.4) is 0 Å². The van der Waals surface area contributed by atoms with Crippen molar-refractivity contribution in [3.63, 3.8) is 0 Å². The summed E-state index contributed by atoms with van der Waals surface area (Å²) >= 11 is 0. The maximum atomic E-state index is 8.93. The number of fused-ring (bicyclic) bond motifs is 1. The highest BCUT2D eigenvalue weighted by Gasteiger charge is 2.24. The lowest BCUT2D eigenvalue weighted by Crippen LogP contribution is -1.90. The summed E-state index contributed by atoms with van der Waals surface area (Å²) in [6, 6.07) is 0. The molecule has 1 N–H and O–H groups in total. The lowest BCUT2D eigenvalue weighted by atomic mass is 10.2. The van der Waals surface area contributed by atoms with Crippen molar-refractivity contribution >= 4 is 5.78 Å². The number of aliphatic hydroxyl groups is 1. The number of nitrogens with zero attached hydrogens (tertiary/aromatic N) is 3. The minimum atomic E-state index is -0.0257. The molecule has 72 valence electrons. The van der Waals surface area contributed by atoms with Crippen molar-refractivity contribution in [3.05, 3.63) is 29.8 Å². The number of imidazole rings is 1. The van der Waals surface area contributed by atoms with Crippen molar-refractivity contribution in [2.75, 3.05) is 0 Å². The molecule has 0 aliphatic heterocycles. The first-order valence-corrected chi connectivity index (χ1v) is 4.81. The van der Waals surface area contributed by atoms with E-state index in [1.807, 2.05) is 16.8 Å². The predicted molar refractivity (Wildman–Crippen MR) is 50.9 cm³/mol. The van der Waals surface area contributed by atoms with E-state index in [2.05, 4.69) is 16.2 Å². The molecule has 4 nitrogen and oxygen atoms in total. The number of hydrogen-bond donors (Lipinski definition) is 1. The number of hydrogen-bond acceptors (Lipinski definition) is 3. The monoisotopic (exact) mass is 189 g/mol. The van der Waals surface area contributed by atoms with Crippen LogP contribution in [0.4, 0.5) is 0 Å². The molecule has 0 aromatic carbocycles. The van der Waals surface area contributed by atoms with Crippen molar-refractivity contribution in [2.45, 2.75) is 25.4 Å². The topological polar surface area (TPSA) is 50.4 Å². The van der Waals surface area contributed by atoms with E-state index in [0.717, 1.165) is 0 Å². The van der Waals surface area contributed by atoms with E-state index >= 15 is 0 Å². The Hall–Kier alpha value is -1.42. The minimum Gasteiger partial charge on any atom is -0.390 e. The molecule has 0 amide bonds. The minimum absolute atomic E-state index is 0.0257. The zero-order chi connectivity index (χ0) is 9.54. The molecule has 0 bridgehead atoms. The molecule has 14 heavy (non-hydrogen) atoms. The van der Waals surface area contributed by atoms with Crippen LogP contribution < -0.4 is 0 Å². The second-order valence-electron chi connectivity index (χ2n) is 3.76. The molecule has 0 radical (unpaired) electrons. The zero-order valence-electron chi connectivity index (χ0n) is 7.72. The van der Waals surface area contributed by atoms with Gasteiger partial charge in [-0.1, -0.05) is 0 Å². The molecule has 1 aliphatic carbocycles. The molecule has 4 heteroatoms. The molecule has 2 heterocycles. The second kappa shape index (κ2) is 2.78. The maximum Gasteiger partial charge on any atom is 0.234 e. The zero-order valence-corrected chi connectivity index (χ0v) is 7.72. The van der Waals surface area contributed by atoms with Gasteiger partial charge in [0.2, 0.25) is 5.78 Å². The van der Waals surface area contributed by atoms with Crippen LogP contribution in [0.5, 0.6) is 0 Å². The summed E-state index contributed by atoms with van der Waals surface area (Å²) in [4.78, 5) is 8.41. The van der Waals surface area contributed by atoms with Gasteiger partial charge in [-0.25, -0.2) is 9.97 Å². The normalized spacial score (nSPS) is 16.4. The summed E-state index contributed by atoms with van der Waals surface area (Å²) in [5, 5.41) is 8.93. The predicted octanol–water partition coefficient (Wildman–Crippen LogP) is 1.10. The average Bonchev–Trinajstić information content (AvgIpc) is 2.97. The van der Waals surface area contributed by atoms with Gasteiger partial charge in [-0.2, -0.15) is 0 Å². The Morgan fingerprint density at radius 1 is 1.43 bits per heavy atom. The van der Waals surface area contributed by atoms with Crippen molar-refractivity contribution < 1.29 is 5.11 Å². The van der Waals surface area contributed by atoms with Crippen molar-refractivity contribution in [1.82, 2.24) is 14.4 Å². The lowest BCUT2D eigenvalue weighted by molar-refractivity contribution is 0.277. The van der Waals surface area contributed by atoms with E-state index in [4.69, 9.17) is 5.11 Å². The Kier molecular flexibility index (Phi) is 1.58. The van der Waals surface area contributed by atoms with E-state index in [0.29, 0.717) is 17.4 Å². The maximum absolute atomic E-state index is 8.93. The molecule has 2 aromatic rings. The van der Waals surface area contributed by atoms with Crippen LogP contribution in [0.15, 0.2) is 18.6 Å². The molecule has 1 aliphatic rings. The van der Waals surface area contributed by atoms with Crippen LogP contribution in [0.25, 0.3) is 5.78 Å². The SMILES string of the molecule is OCc1cn2cc(C3CC3)cnc2n1. The molecule has 3 rings (SSSR count). The Morgan fingerprint density at radius 3 is 3.00 bits per heavy atom. The Bertz CT molecular complexity index is 473. The van der Waals surface area contributed by atoms with E-state index in [1.54, 1.807) is 0 Å². The van der Waals surface area contributed by atoms with Gasteiger partial charge in [0, 0.05) is 18.6 Å². The van der Waals surface area contributed by atoms with Gasteiger partial charge in [-0.15, -0.1) is 0 Å². The summed E-state index contributed by atoms with van der Waals surface area (Å²) in [5.41, 5.74) is 1.95.